The number of pyridine rings is 1. The molecule has 4 rings (SSSR count). The van der Waals surface area contributed by atoms with Crippen molar-refractivity contribution in [2.24, 2.45) is 0 Å². The number of fused-ring (bicyclic) bond motifs is 1. The second kappa shape index (κ2) is 5.43. The molecule has 0 N–H and O–H groups in total. The Morgan fingerprint density at radius 2 is 2.08 bits per heavy atom. The molecule has 3 aromatic heterocycles. The van der Waals surface area contributed by atoms with Gasteiger partial charge in [0.15, 0.2) is 0 Å². The first-order chi connectivity index (χ1) is 11.5. The minimum atomic E-state index is -4.52. The van der Waals surface area contributed by atoms with E-state index in [0.717, 1.165) is 31.2 Å². The van der Waals surface area contributed by atoms with E-state index in [2.05, 4.69) is 20.1 Å². The van der Waals surface area contributed by atoms with Crippen LogP contribution in [0.15, 0.2) is 35.1 Å². The molecule has 0 radical (unpaired) electrons. The van der Waals surface area contributed by atoms with Gasteiger partial charge in [-0.15, -0.1) is 0 Å². The Kier molecular flexibility index (Phi) is 3.36. The van der Waals surface area contributed by atoms with Crippen molar-refractivity contribution in [3.05, 3.63) is 48.0 Å². The van der Waals surface area contributed by atoms with Crippen LogP contribution in [0.3, 0.4) is 0 Å². The molecular formula is C15H12F3N5O. The van der Waals surface area contributed by atoms with Gasteiger partial charge in [0, 0.05) is 18.8 Å². The Hall–Kier alpha value is -2.71. The minimum absolute atomic E-state index is 0.0292. The molecule has 0 amide bonds. The quantitative estimate of drug-likeness (QED) is 0.719. The molecule has 0 saturated carbocycles. The SMILES string of the molecule is FC(F)(F)c1cccc(-c2noc(C3CCCc4nccn43)n2)n1. The van der Waals surface area contributed by atoms with Crippen molar-refractivity contribution >= 4 is 0 Å². The highest BCUT2D eigenvalue weighted by Crippen LogP contribution is 2.31. The van der Waals surface area contributed by atoms with Crippen molar-refractivity contribution in [1.82, 2.24) is 24.7 Å². The Labute approximate surface area is 134 Å². The predicted octanol–water partition coefficient (Wildman–Crippen LogP) is 3.27. The third-order valence-corrected chi connectivity index (χ3v) is 3.96. The van der Waals surface area contributed by atoms with Crippen molar-refractivity contribution in [2.45, 2.75) is 31.5 Å². The van der Waals surface area contributed by atoms with Gasteiger partial charge in [-0.2, -0.15) is 18.2 Å². The van der Waals surface area contributed by atoms with E-state index in [1.807, 2.05) is 10.8 Å². The molecular weight excluding hydrogens is 323 g/mol. The number of rotatable bonds is 2. The van der Waals surface area contributed by atoms with Crippen LogP contribution in [-0.2, 0) is 12.6 Å². The zero-order valence-electron chi connectivity index (χ0n) is 12.4. The maximum absolute atomic E-state index is 12.8. The fraction of sp³-hybridized carbons (Fsp3) is 0.333. The molecule has 3 aromatic rings. The van der Waals surface area contributed by atoms with E-state index in [0.29, 0.717) is 5.89 Å². The van der Waals surface area contributed by atoms with Crippen LogP contribution in [0.1, 0.15) is 36.3 Å². The molecule has 1 aliphatic rings. The monoisotopic (exact) mass is 335 g/mol. The largest absolute Gasteiger partial charge is 0.433 e. The third kappa shape index (κ3) is 2.55. The van der Waals surface area contributed by atoms with Crippen LogP contribution in [0.25, 0.3) is 11.5 Å². The van der Waals surface area contributed by atoms with Crippen molar-refractivity contribution in [3.63, 3.8) is 0 Å². The first-order valence-electron chi connectivity index (χ1n) is 7.42. The summed E-state index contributed by atoms with van der Waals surface area (Å²) < 4.78 is 45.6. The van der Waals surface area contributed by atoms with E-state index >= 15 is 0 Å². The van der Waals surface area contributed by atoms with Gasteiger partial charge >= 0.3 is 6.18 Å². The van der Waals surface area contributed by atoms with E-state index in [-0.39, 0.29) is 17.6 Å². The maximum atomic E-state index is 12.8. The second-order valence-corrected chi connectivity index (χ2v) is 5.52. The molecule has 0 bridgehead atoms. The highest BCUT2D eigenvalue weighted by atomic mass is 19.4. The molecule has 4 heterocycles. The summed E-state index contributed by atoms with van der Waals surface area (Å²) in [5, 5.41) is 3.79. The number of alkyl halides is 3. The van der Waals surface area contributed by atoms with Crippen molar-refractivity contribution in [2.75, 3.05) is 0 Å². The number of hydrogen-bond donors (Lipinski definition) is 0. The number of hydrogen-bond acceptors (Lipinski definition) is 5. The zero-order chi connectivity index (χ0) is 16.7. The van der Waals surface area contributed by atoms with E-state index in [1.54, 1.807) is 6.20 Å². The van der Waals surface area contributed by atoms with Gasteiger partial charge in [-0.25, -0.2) is 9.97 Å². The average molecular weight is 335 g/mol. The first-order valence-corrected chi connectivity index (χ1v) is 7.42. The van der Waals surface area contributed by atoms with Crippen molar-refractivity contribution in [1.29, 1.82) is 0 Å². The molecule has 0 aromatic carbocycles. The van der Waals surface area contributed by atoms with Crippen LogP contribution < -0.4 is 0 Å². The summed E-state index contributed by atoms with van der Waals surface area (Å²) >= 11 is 0. The molecule has 0 spiro atoms. The summed E-state index contributed by atoms with van der Waals surface area (Å²) in [6.07, 6.45) is 1.64. The molecule has 1 aliphatic heterocycles. The average Bonchev–Trinajstić information content (AvgIpc) is 3.23. The molecule has 0 fully saturated rings. The van der Waals surface area contributed by atoms with Crippen LogP contribution in [0.2, 0.25) is 0 Å². The molecule has 1 atom stereocenters. The highest BCUT2D eigenvalue weighted by molar-refractivity contribution is 5.48. The molecule has 0 aliphatic carbocycles. The van der Waals surface area contributed by atoms with E-state index in [9.17, 15) is 13.2 Å². The summed E-state index contributed by atoms with van der Waals surface area (Å²) in [6.45, 7) is 0. The van der Waals surface area contributed by atoms with Gasteiger partial charge in [-0.1, -0.05) is 11.2 Å². The summed E-state index contributed by atoms with van der Waals surface area (Å²) in [5.74, 6) is 1.33. The Morgan fingerprint density at radius 3 is 2.92 bits per heavy atom. The lowest BCUT2D eigenvalue weighted by Gasteiger charge is -2.21. The second-order valence-electron chi connectivity index (χ2n) is 5.52. The molecule has 24 heavy (non-hydrogen) atoms. The number of imidazole rings is 1. The van der Waals surface area contributed by atoms with Crippen LogP contribution >= 0.6 is 0 Å². The van der Waals surface area contributed by atoms with Crippen LogP contribution in [0.5, 0.6) is 0 Å². The molecule has 1 unspecified atom stereocenters. The standard InChI is InChI=1S/C15H12F3N5O/c16-15(17,18)11-5-1-3-9(20-11)13-21-14(24-22-13)10-4-2-6-12-19-7-8-23(10)12/h1,3,5,7-8,10H,2,4,6H2. The smallest absolute Gasteiger partial charge is 0.337 e. The Balaban J connectivity index is 1.67. The van der Waals surface area contributed by atoms with E-state index in [4.69, 9.17) is 4.52 Å². The Morgan fingerprint density at radius 1 is 1.21 bits per heavy atom. The summed E-state index contributed by atoms with van der Waals surface area (Å²) in [4.78, 5) is 12.1. The highest BCUT2D eigenvalue weighted by Gasteiger charge is 2.33. The number of aromatic nitrogens is 5. The summed E-state index contributed by atoms with van der Waals surface area (Å²) in [6, 6.07) is 3.45. The van der Waals surface area contributed by atoms with Crippen molar-refractivity contribution in [3.8, 4) is 11.5 Å². The number of halogens is 3. The maximum Gasteiger partial charge on any atom is 0.433 e. The zero-order valence-corrected chi connectivity index (χ0v) is 12.4. The van der Waals surface area contributed by atoms with Crippen LogP contribution in [0, 0.1) is 0 Å². The van der Waals surface area contributed by atoms with Gasteiger partial charge in [0.25, 0.3) is 0 Å². The summed E-state index contributed by atoms with van der Waals surface area (Å²) in [5.41, 5.74) is -0.956. The van der Waals surface area contributed by atoms with Crippen LogP contribution in [-0.4, -0.2) is 24.7 Å². The summed E-state index contributed by atoms with van der Waals surface area (Å²) in [7, 11) is 0. The molecule has 0 saturated heterocycles. The van der Waals surface area contributed by atoms with Gasteiger partial charge in [-0.3, -0.25) is 0 Å². The van der Waals surface area contributed by atoms with Gasteiger partial charge in [0.1, 0.15) is 23.3 Å². The van der Waals surface area contributed by atoms with Crippen LogP contribution in [0.4, 0.5) is 13.2 Å². The van der Waals surface area contributed by atoms with Gasteiger partial charge < -0.3 is 9.09 Å². The first kappa shape index (κ1) is 14.9. The Bertz CT molecular complexity index is 870. The van der Waals surface area contributed by atoms with E-state index < -0.39 is 11.9 Å². The fourth-order valence-corrected chi connectivity index (χ4v) is 2.85. The lowest BCUT2D eigenvalue weighted by atomic mass is 10.0. The topological polar surface area (TPSA) is 69.6 Å². The third-order valence-electron chi connectivity index (χ3n) is 3.96. The number of nitrogens with zero attached hydrogens (tertiary/aromatic N) is 5. The predicted molar refractivity (Wildman–Crippen MR) is 75.8 cm³/mol. The minimum Gasteiger partial charge on any atom is -0.337 e. The number of aryl methyl sites for hydroxylation is 1. The lowest BCUT2D eigenvalue weighted by Crippen LogP contribution is -2.18. The molecule has 9 heteroatoms. The van der Waals surface area contributed by atoms with Gasteiger partial charge in [-0.05, 0) is 25.0 Å². The van der Waals surface area contributed by atoms with Crippen molar-refractivity contribution < 1.29 is 17.7 Å². The molecule has 124 valence electrons. The normalized spacial score (nSPS) is 17.7. The molecule has 6 nitrogen and oxygen atoms in total. The van der Waals surface area contributed by atoms with E-state index in [1.165, 1.54) is 12.1 Å². The van der Waals surface area contributed by atoms with Gasteiger partial charge in [0.05, 0.1) is 0 Å². The fourth-order valence-electron chi connectivity index (χ4n) is 2.85. The van der Waals surface area contributed by atoms with Gasteiger partial charge in [0.2, 0.25) is 11.7 Å². The lowest BCUT2D eigenvalue weighted by molar-refractivity contribution is -0.141.